The molecule has 0 fully saturated rings. The lowest BCUT2D eigenvalue weighted by Gasteiger charge is -2.08. The fraction of sp³-hybridized carbons (Fsp3) is 0.231. The molecular formula is C13H15N3. The van der Waals surface area contributed by atoms with Crippen molar-refractivity contribution in [2.24, 2.45) is 0 Å². The summed E-state index contributed by atoms with van der Waals surface area (Å²) in [6, 6.07) is 9.85. The molecule has 3 heteroatoms. The number of anilines is 2. The number of aromatic nitrogens is 2. The maximum absolute atomic E-state index is 4.27. The fourth-order valence-electron chi connectivity index (χ4n) is 1.44. The molecule has 2 aromatic rings. The molecule has 0 saturated heterocycles. The van der Waals surface area contributed by atoms with Crippen LogP contribution in [0, 0.1) is 0 Å². The largest absolute Gasteiger partial charge is 0.325 e. The molecule has 0 aliphatic heterocycles. The number of nitrogens with one attached hydrogen (secondary N) is 1. The molecular weight excluding hydrogens is 198 g/mol. The summed E-state index contributed by atoms with van der Waals surface area (Å²) in [6.45, 7) is 4.33. The van der Waals surface area contributed by atoms with Crippen molar-refractivity contribution in [2.45, 2.75) is 19.8 Å². The van der Waals surface area contributed by atoms with Crippen molar-refractivity contribution in [1.29, 1.82) is 0 Å². The Morgan fingerprint density at radius 2 is 1.81 bits per heavy atom. The van der Waals surface area contributed by atoms with Crippen molar-refractivity contribution >= 4 is 11.6 Å². The number of hydrogen-bond acceptors (Lipinski definition) is 3. The molecule has 0 unspecified atom stereocenters. The van der Waals surface area contributed by atoms with Gasteiger partial charge in [-0.1, -0.05) is 19.9 Å². The van der Waals surface area contributed by atoms with Crippen molar-refractivity contribution in [3.63, 3.8) is 0 Å². The predicted octanol–water partition coefficient (Wildman–Crippen LogP) is 3.34. The van der Waals surface area contributed by atoms with E-state index in [1.165, 1.54) is 5.56 Å². The first-order chi connectivity index (χ1) is 7.75. The number of rotatable bonds is 3. The van der Waals surface area contributed by atoms with Gasteiger partial charge in [-0.2, -0.15) is 0 Å². The van der Waals surface area contributed by atoms with Crippen molar-refractivity contribution in [1.82, 2.24) is 9.97 Å². The summed E-state index contributed by atoms with van der Waals surface area (Å²) >= 11 is 0. The quantitative estimate of drug-likeness (QED) is 0.849. The molecule has 0 aliphatic carbocycles. The van der Waals surface area contributed by atoms with Crippen LogP contribution in [0.15, 0.2) is 42.7 Å². The van der Waals surface area contributed by atoms with Gasteiger partial charge in [-0.15, -0.1) is 0 Å². The zero-order chi connectivity index (χ0) is 11.4. The molecule has 0 atom stereocenters. The molecule has 0 radical (unpaired) electrons. The lowest BCUT2D eigenvalue weighted by atomic mass is 10.1. The second-order valence-electron chi connectivity index (χ2n) is 3.97. The Bertz CT molecular complexity index is 452. The van der Waals surface area contributed by atoms with Crippen molar-refractivity contribution in [3.05, 3.63) is 48.3 Å². The van der Waals surface area contributed by atoms with Gasteiger partial charge in [0.05, 0.1) is 0 Å². The van der Waals surface area contributed by atoms with Crippen LogP contribution in [-0.4, -0.2) is 9.97 Å². The molecule has 82 valence electrons. The van der Waals surface area contributed by atoms with Gasteiger partial charge < -0.3 is 5.32 Å². The average Bonchev–Trinajstić information content (AvgIpc) is 2.30. The van der Waals surface area contributed by atoms with Gasteiger partial charge in [0.15, 0.2) is 0 Å². The minimum atomic E-state index is 0.507. The third kappa shape index (κ3) is 2.57. The van der Waals surface area contributed by atoms with Gasteiger partial charge in [0.2, 0.25) is 0 Å². The van der Waals surface area contributed by atoms with E-state index in [1.807, 2.05) is 30.5 Å². The first-order valence-corrected chi connectivity index (χ1v) is 5.40. The van der Waals surface area contributed by atoms with Gasteiger partial charge in [-0.05, 0) is 35.7 Å². The summed E-state index contributed by atoms with van der Waals surface area (Å²) in [4.78, 5) is 8.46. The van der Waals surface area contributed by atoms with E-state index >= 15 is 0 Å². The Balaban J connectivity index is 2.19. The first kappa shape index (κ1) is 10.6. The van der Waals surface area contributed by atoms with Gasteiger partial charge in [0.1, 0.15) is 11.6 Å². The van der Waals surface area contributed by atoms with Crippen LogP contribution in [0.4, 0.5) is 11.6 Å². The van der Waals surface area contributed by atoms with Gasteiger partial charge in [0, 0.05) is 12.4 Å². The molecule has 0 bridgehead atoms. The second kappa shape index (κ2) is 4.75. The van der Waals surface area contributed by atoms with Gasteiger partial charge >= 0.3 is 0 Å². The van der Waals surface area contributed by atoms with Gasteiger partial charge in [-0.3, -0.25) is 0 Å². The van der Waals surface area contributed by atoms with E-state index in [1.54, 1.807) is 6.20 Å². The molecule has 1 N–H and O–H groups in total. The standard InChI is InChI=1S/C13H15N3/c1-10(2)11-6-8-15-13(9-11)16-12-5-3-4-7-14-12/h3-10H,1-2H3,(H,14,15,16). The summed E-state index contributed by atoms with van der Waals surface area (Å²) < 4.78 is 0. The smallest absolute Gasteiger partial charge is 0.131 e. The second-order valence-corrected chi connectivity index (χ2v) is 3.97. The number of hydrogen-bond donors (Lipinski definition) is 1. The van der Waals surface area contributed by atoms with Crippen molar-refractivity contribution in [2.75, 3.05) is 5.32 Å². The Morgan fingerprint density at radius 3 is 2.50 bits per heavy atom. The zero-order valence-corrected chi connectivity index (χ0v) is 9.51. The molecule has 2 aromatic heterocycles. The Hall–Kier alpha value is -1.90. The highest BCUT2D eigenvalue weighted by molar-refractivity contribution is 5.52. The monoisotopic (exact) mass is 213 g/mol. The average molecular weight is 213 g/mol. The molecule has 2 heterocycles. The summed E-state index contributed by atoms with van der Waals surface area (Å²) in [5, 5.41) is 3.18. The van der Waals surface area contributed by atoms with E-state index in [0.717, 1.165) is 11.6 Å². The zero-order valence-electron chi connectivity index (χ0n) is 9.51. The van der Waals surface area contributed by atoms with Gasteiger partial charge in [0.25, 0.3) is 0 Å². The van der Waals surface area contributed by atoms with Crippen LogP contribution in [0.5, 0.6) is 0 Å². The maximum atomic E-state index is 4.27. The summed E-state index contributed by atoms with van der Waals surface area (Å²) in [5.41, 5.74) is 1.27. The summed E-state index contributed by atoms with van der Waals surface area (Å²) in [7, 11) is 0. The van der Waals surface area contributed by atoms with E-state index in [2.05, 4.69) is 35.2 Å². The van der Waals surface area contributed by atoms with Crippen molar-refractivity contribution < 1.29 is 0 Å². The Labute approximate surface area is 95.6 Å². The first-order valence-electron chi connectivity index (χ1n) is 5.40. The Morgan fingerprint density at radius 1 is 1.00 bits per heavy atom. The van der Waals surface area contributed by atoms with Crippen LogP contribution >= 0.6 is 0 Å². The highest BCUT2D eigenvalue weighted by Gasteiger charge is 2.01. The summed E-state index contributed by atoms with van der Waals surface area (Å²) in [6.07, 6.45) is 3.58. The minimum Gasteiger partial charge on any atom is -0.325 e. The van der Waals surface area contributed by atoms with Crippen LogP contribution in [0.25, 0.3) is 0 Å². The molecule has 3 nitrogen and oxygen atoms in total. The van der Waals surface area contributed by atoms with Crippen molar-refractivity contribution in [3.8, 4) is 0 Å². The third-order valence-corrected chi connectivity index (χ3v) is 2.37. The lowest BCUT2D eigenvalue weighted by molar-refractivity contribution is 0.863. The van der Waals surface area contributed by atoms with E-state index in [0.29, 0.717) is 5.92 Å². The molecule has 0 saturated carbocycles. The predicted molar refractivity (Wildman–Crippen MR) is 65.8 cm³/mol. The van der Waals surface area contributed by atoms with Crippen LogP contribution in [-0.2, 0) is 0 Å². The topological polar surface area (TPSA) is 37.8 Å². The molecule has 0 aliphatic rings. The number of nitrogens with zero attached hydrogens (tertiary/aromatic N) is 2. The van der Waals surface area contributed by atoms with Crippen LogP contribution in [0.3, 0.4) is 0 Å². The minimum absolute atomic E-state index is 0.507. The highest BCUT2D eigenvalue weighted by atomic mass is 15.0. The fourth-order valence-corrected chi connectivity index (χ4v) is 1.44. The molecule has 0 spiro atoms. The highest BCUT2D eigenvalue weighted by Crippen LogP contribution is 2.18. The van der Waals surface area contributed by atoms with E-state index in [-0.39, 0.29) is 0 Å². The van der Waals surface area contributed by atoms with Crippen LogP contribution in [0.2, 0.25) is 0 Å². The van der Waals surface area contributed by atoms with E-state index < -0.39 is 0 Å². The van der Waals surface area contributed by atoms with E-state index in [9.17, 15) is 0 Å². The van der Waals surface area contributed by atoms with E-state index in [4.69, 9.17) is 0 Å². The molecule has 0 amide bonds. The lowest BCUT2D eigenvalue weighted by Crippen LogP contribution is -1.97. The van der Waals surface area contributed by atoms with Crippen LogP contribution < -0.4 is 5.32 Å². The third-order valence-electron chi connectivity index (χ3n) is 2.37. The van der Waals surface area contributed by atoms with Crippen LogP contribution in [0.1, 0.15) is 25.3 Å². The number of pyridine rings is 2. The molecule has 2 rings (SSSR count). The van der Waals surface area contributed by atoms with Gasteiger partial charge in [-0.25, -0.2) is 9.97 Å². The Kier molecular flexibility index (Phi) is 3.15. The SMILES string of the molecule is CC(C)c1ccnc(Nc2ccccn2)c1. The summed E-state index contributed by atoms with van der Waals surface area (Å²) in [5.74, 6) is 2.16. The normalized spacial score (nSPS) is 10.4. The molecule has 0 aromatic carbocycles. The maximum Gasteiger partial charge on any atom is 0.131 e. The molecule has 16 heavy (non-hydrogen) atoms.